The molecule has 0 radical (unpaired) electrons. The molecule has 5 nitrogen and oxygen atoms in total. The van der Waals surface area contributed by atoms with Crippen molar-refractivity contribution in [3.05, 3.63) is 18.6 Å². The molecule has 18 heavy (non-hydrogen) atoms. The number of pyridine rings is 1. The Hall–Kier alpha value is -1.62. The lowest BCUT2D eigenvalue weighted by molar-refractivity contribution is 0.441. The van der Waals surface area contributed by atoms with Crippen LogP contribution in [-0.4, -0.2) is 40.7 Å². The fourth-order valence-corrected chi connectivity index (χ4v) is 2.66. The first-order valence-electron chi connectivity index (χ1n) is 6.48. The molecule has 96 valence electrons. The number of piperidine rings is 1. The molecule has 2 aromatic heterocycles. The van der Waals surface area contributed by atoms with Crippen LogP contribution >= 0.6 is 0 Å². The summed E-state index contributed by atoms with van der Waals surface area (Å²) in [4.78, 5) is 11.4. The molecular weight excluding hydrogens is 226 g/mol. The number of anilines is 1. The second-order valence-corrected chi connectivity index (χ2v) is 4.91. The van der Waals surface area contributed by atoms with Crippen LogP contribution < -0.4 is 10.2 Å². The molecule has 1 aliphatic heterocycles. The minimum Gasteiger partial charge on any atom is -0.355 e. The van der Waals surface area contributed by atoms with Gasteiger partial charge in [0, 0.05) is 32.4 Å². The zero-order valence-corrected chi connectivity index (χ0v) is 10.9. The van der Waals surface area contributed by atoms with Crippen molar-refractivity contribution in [2.75, 3.05) is 25.0 Å². The third kappa shape index (κ3) is 1.84. The number of nitrogens with zero attached hydrogens (tertiary/aromatic N) is 4. The maximum Gasteiger partial charge on any atom is 0.156 e. The van der Waals surface area contributed by atoms with Gasteiger partial charge in [0.05, 0.1) is 11.8 Å². The SMILES string of the molecule is CNC1CCN(c2nccc3c2ncn3C)CC1. The zero-order valence-electron chi connectivity index (χ0n) is 10.9. The van der Waals surface area contributed by atoms with E-state index in [0.29, 0.717) is 6.04 Å². The van der Waals surface area contributed by atoms with E-state index in [1.807, 2.05) is 37.3 Å². The lowest BCUT2D eigenvalue weighted by Gasteiger charge is -2.32. The normalized spacial score (nSPS) is 17.6. The molecule has 0 saturated carbocycles. The van der Waals surface area contributed by atoms with Crippen molar-refractivity contribution in [2.24, 2.45) is 7.05 Å². The van der Waals surface area contributed by atoms with Crippen molar-refractivity contribution in [3.63, 3.8) is 0 Å². The topological polar surface area (TPSA) is 46.0 Å². The van der Waals surface area contributed by atoms with E-state index in [0.717, 1.165) is 29.9 Å². The number of nitrogens with one attached hydrogen (secondary N) is 1. The minimum atomic E-state index is 0.643. The average Bonchev–Trinajstić information content (AvgIpc) is 2.81. The highest BCUT2D eigenvalue weighted by Gasteiger charge is 2.21. The van der Waals surface area contributed by atoms with Gasteiger partial charge in [0.2, 0.25) is 0 Å². The van der Waals surface area contributed by atoms with E-state index in [1.54, 1.807) is 0 Å². The summed E-state index contributed by atoms with van der Waals surface area (Å²) in [5, 5.41) is 3.35. The third-order valence-corrected chi connectivity index (χ3v) is 3.83. The Balaban J connectivity index is 1.91. The van der Waals surface area contributed by atoms with E-state index in [4.69, 9.17) is 0 Å². The van der Waals surface area contributed by atoms with E-state index < -0.39 is 0 Å². The highest BCUT2D eigenvalue weighted by molar-refractivity contribution is 5.86. The molecule has 3 heterocycles. The lowest BCUT2D eigenvalue weighted by Crippen LogP contribution is -2.41. The molecule has 0 aliphatic carbocycles. The van der Waals surface area contributed by atoms with Gasteiger partial charge in [-0.15, -0.1) is 0 Å². The second kappa shape index (κ2) is 4.57. The Bertz CT molecular complexity index is 539. The molecule has 0 amide bonds. The highest BCUT2D eigenvalue weighted by Crippen LogP contribution is 2.25. The van der Waals surface area contributed by atoms with Crippen molar-refractivity contribution in [2.45, 2.75) is 18.9 Å². The van der Waals surface area contributed by atoms with E-state index in [2.05, 4.69) is 20.2 Å². The van der Waals surface area contributed by atoms with Gasteiger partial charge in [-0.05, 0) is 26.0 Å². The van der Waals surface area contributed by atoms with Crippen LogP contribution in [0.15, 0.2) is 18.6 Å². The Morgan fingerprint density at radius 1 is 1.28 bits per heavy atom. The lowest BCUT2D eigenvalue weighted by atomic mass is 10.1. The zero-order chi connectivity index (χ0) is 12.5. The van der Waals surface area contributed by atoms with Crippen LogP contribution in [0.3, 0.4) is 0 Å². The molecule has 2 aromatic rings. The highest BCUT2D eigenvalue weighted by atomic mass is 15.2. The first kappa shape index (κ1) is 11.5. The van der Waals surface area contributed by atoms with Gasteiger partial charge >= 0.3 is 0 Å². The van der Waals surface area contributed by atoms with Gasteiger partial charge in [-0.3, -0.25) is 0 Å². The smallest absolute Gasteiger partial charge is 0.156 e. The van der Waals surface area contributed by atoms with Crippen molar-refractivity contribution in [3.8, 4) is 0 Å². The summed E-state index contributed by atoms with van der Waals surface area (Å²) in [6.07, 6.45) is 6.07. The summed E-state index contributed by atoms with van der Waals surface area (Å²) in [6.45, 7) is 2.10. The van der Waals surface area contributed by atoms with Gasteiger partial charge in [0.15, 0.2) is 5.82 Å². The van der Waals surface area contributed by atoms with Crippen molar-refractivity contribution < 1.29 is 0 Å². The minimum absolute atomic E-state index is 0.643. The van der Waals surface area contributed by atoms with Gasteiger partial charge in [-0.2, -0.15) is 0 Å². The largest absolute Gasteiger partial charge is 0.355 e. The fourth-order valence-electron chi connectivity index (χ4n) is 2.66. The van der Waals surface area contributed by atoms with Gasteiger partial charge in [0.1, 0.15) is 5.52 Å². The molecule has 0 bridgehead atoms. The predicted molar refractivity (Wildman–Crippen MR) is 72.8 cm³/mol. The van der Waals surface area contributed by atoms with Gasteiger partial charge < -0.3 is 14.8 Å². The van der Waals surface area contributed by atoms with Crippen LogP contribution in [-0.2, 0) is 7.05 Å². The first-order chi connectivity index (χ1) is 8.79. The summed E-state index contributed by atoms with van der Waals surface area (Å²) < 4.78 is 2.04. The van der Waals surface area contributed by atoms with Crippen LogP contribution in [0.1, 0.15) is 12.8 Å². The molecule has 0 spiro atoms. The Morgan fingerprint density at radius 3 is 2.78 bits per heavy atom. The molecule has 0 unspecified atom stereocenters. The second-order valence-electron chi connectivity index (χ2n) is 4.91. The van der Waals surface area contributed by atoms with Crippen LogP contribution in [0.25, 0.3) is 11.0 Å². The van der Waals surface area contributed by atoms with Gasteiger partial charge in [0.25, 0.3) is 0 Å². The van der Waals surface area contributed by atoms with Crippen LogP contribution in [0.5, 0.6) is 0 Å². The van der Waals surface area contributed by atoms with Gasteiger partial charge in [-0.1, -0.05) is 0 Å². The van der Waals surface area contributed by atoms with Crippen molar-refractivity contribution in [1.29, 1.82) is 0 Å². The molecular formula is C13H19N5. The average molecular weight is 245 g/mol. The van der Waals surface area contributed by atoms with E-state index >= 15 is 0 Å². The summed E-state index contributed by atoms with van der Waals surface area (Å²) >= 11 is 0. The summed E-state index contributed by atoms with van der Waals surface area (Å²) in [5.74, 6) is 1.03. The van der Waals surface area contributed by atoms with Crippen LogP contribution in [0, 0.1) is 0 Å². The molecule has 1 fully saturated rings. The Kier molecular flexibility index (Phi) is 2.91. The number of imidazole rings is 1. The number of aromatic nitrogens is 3. The van der Waals surface area contributed by atoms with Crippen molar-refractivity contribution in [1.82, 2.24) is 19.9 Å². The standard InChI is InChI=1S/C13H19N5/c1-14-10-4-7-18(8-5-10)13-12-11(3-6-15-13)17(2)9-16-12/h3,6,9-10,14H,4-5,7-8H2,1-2H3. The molecule has 1 aliphatic rings. The number of fused-ring (bicyclic) bond motifs is 1. The Labute approximate surface area is 107 Å². The maximum absolute atomic E-state index is 4.52. The predicted octanol–water partition coefficient (Wildman–Crippen LogP) is 1.16. The molecule has 0 aromatic carbocycles. The number of hydrogen-bond acceptors (Lipinski definition) is 4. The first-order valence-corrected chi connectivity index (χ1v) is 6.48. The Morgan fingerprint density at radius 2 is 2.06 bits per heavy atom. The van der Waals surface area contributed by atoms with Crippen LogP contribution in [0.4, 0.5) is 5.82 Å². The molecule has 1 N–H and O–H groups in total. The number of hydrogen-bond donors (Lipinski definition) is 1. The summed E-state index contributed by atoms with van der Waals surface area (Å²) in [5.41, 5.74) is 2.17. The van der Waals surface area contributed by atoms with E-state index in [9.17, 15) is 0 Å². The van der Waals surface area contributed by atoms with E-state index in [-0.39, 0.29) is 0 Å². The van der Waals surface area contributed by atoms with E-state index in [1.165, 1.54) is 12.8 Å². The molecule has 0 atom stereocenters. The molecule has 5 heteroatoms. The summed E-state index contributed by atoms with van der Waals surface area (Å²) in [6, 6.07) is 2.66. The third-order valence-electron chi connectivity index (χ3n) is 3.83. The van der Waals surface area contributed by atoms with Gasteiger partial charge in [-0.25, -0.2) is 9.97 Å². The maximum atomic E-state index is 4.52. The summed E-state index contributed by atoms with van der Waals surface area (Å²) in [7, 11) is 4.06. The number of rotatable bonds is 2. The quantitative estimate of drug-likeness (QED) is 0.862. The molecule has 3 rings (SSSR count). The van der Waals surface area contributed by atoms with Crippen LogP contribution in [0.2, 0.25) is 0 Å². The number of aryl methyl sites for hydroxylation is 1. The molecule has 1 saturated heterocycles. The van der Waals surface area contributed by atoms with Crippen molar-refractivity contribution >= 4 is 16.9 Å². The fraction of sp³-hybridized carbons (Fsp3) is 0.538. The monoisotopic (exact) mass is 245 g/mol.